The normalized spacial score (nSPS) is 10.9. The Labute approximate surface area is 189 Å². The summed E-state index contributed by atoms with van der Waals surface area (Å²) in [6.45, 7) is 1.24. The predicted molar refractivity (Wildman–Crippen MR) is 124 cm³/mol. The fraction of sp³-hybridized carbons (Fsp3) is 0.154. The number of fused-ring (bicyclic) bond motifs is 1. The molecule has 2 aromatic carbocycles. The first-order chi connectivity index (χ1) is 15.9. The number of pyridine rings is 2. The van der Waals surface area contributed by atoms with Crippen molar-refractivity contribution < 1.29 is 19.4 Å². The summed E-state index contributed by atoms with van der Waals surface area (Å²) in [5.74, 6) is -1.04. The van der Waals surface area contributed by atoms with Crippen LogP contribution < -0.4 is 5.43 Å². The number of methoxy groups -OCH3 is 1. The van der Waals surface area contributed by atoms with Gasteiger partial charge in [0.05, 0.1) is 12.5 Å². The first-order valence-corrected chi connectivity index (χ1v) is 10.4. The second kappa shape index (κ2) is 9.18. The van der Waals surface area contributed by atoms with Crippen molar-refractivity contribution in [3.8, 4) is 5.69 Å². The Kier molecular flexibility index (Phi) is 6.15. The van der Waals surface area contributed by atoms with E-state index in [4.69, 9.17) is 9.84 Å². The van der Waals surface area contributed by atoms with E-state index >= 15 is 0 Å². The van der Waals surface area contributed by atoms with Gasteiger partial charge in [-0.1, -0.05) is 42.5 Å². The van der Waals surface area contributed by atoms with Gasteiger partial charge >= 0.3 is 5.97 Å². The topological polar surface area (TPSA) is 98.5 Å². The first kappa shape index (κ1) is 22.1. The molecule has 33 heavy (non-hydrogen) atoms. The molecular formula is C26H22N2O5. The lowest BCUT2D eigenvalue weighted by Gasteiger charge is -2.19. The second-order valence-electron chi connectivity index (χ2n) is 7.60. The highest BCUT2D eigenvalue weighted by Gasteiger charge is 2.25. The number of ketones is 1. The molecule has 0 spiro atoms. The lowest BCUT2D eigenvalue weighted by molar-refractivity contribution is 0.0589. The SMILES string of the molecule is COC(=O)c1c(Cc2ccc(C(=O)CO)cc2)c(=O)c2ccc(C)nc2n1-c1ccccc1. The highest BCUT2D eigenvalue weighted by molar-refractivity contribution is 5.97. The van der Waals surface area contributed by atoms with Crippen LogP contribution in [-0.4, -0.2) is 40.1 Å². The van der Waals surface area contributed by atoms with Crippen LogP contribution in [0.1, 0.15) is 37.7 Å². The summed E-state index contributed by atoms with van der Waals surface area (Å²) in [6.07, 6.45) is 0.146. The largest absolute Gasteiger partial charge is 0.464 e. The van der Waals surface area contributed by atoms with Gasteiger partial charge in [-0.05, 0) is 36.8 Å². The van der Waals surface area contributed by atoms with Gasteiger partial charge in [-0.3, -0.25) is 14.2 Å². The summed E-state index contributed by atoms with van der Waals surface area (Å²) in [5, 5.41) is 9.45. The van der Waals surface area contributed by atoms with E-state index < -0.39 is 18.4 Å². The fourth-order valence-corrected chi connectivity index (χ4v) is 3.81. The summed E-state index contributed by atoms with van der Waals surface area (Å²) in [5.41, 5.74) is 2.92. The molecule has 7 heteroatoms. The maximum Gasteiger partial charge on any atom is 0.355 e. The van der Waals surface area contributed by atoms with Crippen LogP contribution >= 0.6 is 0 Å². The molecule has 2 aromatic heterocycles. The number of carbonyl (C=O) groups is 2. The lowest BCUT2D eigenvalue weighted by Crippen LogP contribution is -2.25. The van der Waals surface area contributed by atoms with Crippen LogP contribution in [0.2, 0.25) is 0 Å². The van der Waals surface area contributed by atoms with Gasteiger partial charge < -0.3 is 9.84 Å². The molecule has 1 N–H and O–H groups in total. The number of esters is 1. The zero-order chi connectivity index (χ0) is 23.5. The Morgan fingerprint density at radius 3 is 2.33 bits per heavy atom. The molecule has 0 atom stereocenters. The van der Waals surface area contributed by atoms with Crippen LogP contribution in [0.25, 0.3) is 16.7 Å². The molecule has 7 nitrogen and oxygen atoms in total. The number of ether oxygens (including phenoxy) is 1. The number of aliphatic hydroxyl groups is 1. The number of aliphatic hydroxyl groups excluding tert-OH is 1. The Balaban J connectivity index is 2.00. The second-order valence-corrected chi connectivity index (χ2v) is 7.60. The molecule has 166 valence electrons. The highest BCUT2D eigenvalue weighted by Crippen LogP contribution is 2.24. The number of hydrogen-bond acceptors (Lipinski definition) is 6. The van der Waals surface area contributed by atoms with Crippen molar-refractivity contribution in [3.05, 3.63) is 105 Å². The zero-order valence-electron chi connectivity index (χ0n) is 18.2. The maximum atomic E-state index is 13.5. The molecule has 0 amide bonds. The average Bonchev–Trinajstić information content (AvgIpc) is 2.85. The number of rotatable bonds is 6. The molecule has 0 aliphatic carbocycles. The van der Waals surface area contributed by atoms with Crippen LogP contribution in [0.4, 0.5) is 0 Å². The first-order valence-electron chi connectivity index (χ1n) is 10.4. The third-order valence-corrected chi connectivity index (χ3v) is 5.45. The van der Waals surface area contributed by atoms with E-state index in [9.17, 15) is 14.4 Å². The third kappa shape index (κ3) is 4.18. The van der Waals surface area contributed by atoms with Crippen molar-refractivity contribution in [2.24, 2.45) is 0 Å². The van der Waals surface area contributed by atoms with Gasteiger partial charge in [0.15, 0.2) is 11.2 Å². The van der Waals surface area contributed by atoms with Crippen molar-refractivity contribution >= 4 is 22.8 Å². The van der Waals surface area contributed by atoms with Gasteiger partial charge in [0, 0.05) is 28.9 Å². The molecule has 0 saturated heterocycles. The Hall–Kier alpha value is -4.10. The molecular weight excluding hydrogens is 420 g/mol. The van der Waals surface area contributed by atoms with Gasteiger partial charge in [0.25, 0.3) is 0 Å². The van der Waals surface area contributed by atoms with E-state index in [2.05, 4.69) is 4.98 Å². The van der Waals surface area contributed by atoms with E-state index in [-0.39, 0.29) is 23.1 Å². The standard InChI is InChI=1S/C26H22N2O5/c1-16-8-13-20-24(31)21(14-17-9-11-18(12-10-17)22(30)15-29)23(26(32)33-2)28(25(20)27-16)19-6-4-3-5-7-19/h3-13,29H,14-15H2,1-2H3. The number of aryl methyl sites for hydroxylation is 1. The van der Waals surface area contributed by atoms with Crippen LogP contribution in [0, 0.1) is 6.92 Å². The maximum absolute atomic E-state index is 13.5. The van der Waals surface area contributed by atoms with Gasteiger partial charge in [-0.15, -0.1) is 0 Å². The summed E-state index contributed by atoms with van der Waals surface area (Å²) in [7, 11) is 1.27. The molecule has 0 fully saturated rings. The third-order valence-electron chi connectivity index (χ3n) is 5.45. The van der Waals surface area contributed by atoms with Crippen molar-refractivity contribution in [2.75, 3.05) is 13.7 Å². The summed E-state index contributed by atoms with van der Waals surface area (Å²) >= 11 is 0. The molecule has 4 rings (SSSR count). The minimum Gasteiger partial charge on any atom is -0.464 e. The monoisotopic (exact) mass is 442 g/mol. The van der Waals surface area contributed by atoms with Crippen molar-refractivity contribution in [2.45, 2.75) is 13.3 Å². The van der Waals surface area contributed by atoms with E-state index in [1.165, 1.54) is 7.11 Å². The molecule has 0 unspecified atom stereocenters. The van der Waals surface area contributed by atoms with E-state index in [0.717, 1.165) is 5.56 Å². The van der Waals surface area contributed by atoms with Crippen LogP contribution in [-0.2, 0) is 11.2 Å². The summed E-state index contributed by atoms with van der Waals surface area (Å²) in [4.78, 5) is 42.8. The zero-order valence-corrected chi connectivity index (χ0v) is 18.2. The molecule has 2 heterocycles. The van der Waals surface area contributed by atoms with E-state index in [0.29, 0.717) is 28.0 Å². The van der Waals surface area contributed by atoms with E-state index in [1.807, 2.05) is 37.3 Å². The predicted octanol–water partition coefficient (Wildman–Crippen LogP) is 3.25. The molecule has 0 saturated carbocycles. The van der Waals surface area contributed by atoms with Crippen molar-refractivity contribution in [1.29, 1.82) is 0 Å². The van der Waals surface area contributed by atoms with Gasteiger partial charge in [0.1, 0.15) is 17.9 Å². The number of para-hydroxylation sites is 1. The minimum atomic E-state index is -0.650. The Morgan fingerprint density at radius 1 is 1.00 bits per heavy atom. The highest BCUT2D eigenvalue weighted by atomic mass is 16.5. The Bertz CT molecular complexity index is 1410. The van der Waals surface area contributed by atoms with E-state index in [1.54, 1.807) is 41.0 Å². The van der Waals surface area contributed by atoms with Crippen LogP contribution in [0.5, 0.6) is 0 Å². The quantitative estimate of drug-likeness (QED) is 0.364. The number of Topliss-reactive ketones (excluding diaryl/α,β-unsaturated/α-hetero) is 1. The summed E-state index contributed by atoms with van der Waals surface area (Å²) < 4.78 is 6.74. The number of benzene rings is 2. The number of aromatic nitrogens is 2. The number of hydrogen-bond donors (Lipinski definition) is 1. The molecule has 0 aliphatic heterocycles. The lowest BCUT2D eigenvalue weighted by atomic mass is 9.99. The number of carbonyl (C=O) groups excluding carboxylic acids is 2. The summed E-state index contributed by atoms with van der Waals surface area (Å²) in [6, 6.07) is 19.3. The van der Waals surface area contributed by atoms with Crippen LogP contribution in [0.15, 0.2) is 71.5 Å². The number of nitrogens with zero attached hydrogens (tertiary/aromatic N) is 2. The Morgan fingerprint density at radius 2 is 1.70 bits per heavy atom. The molecule has 0 radical (unpaired) electrons. The van der Waals surface area contributed by atoms with Crippen molar-refractivity contribution in [3.63, 3.8) is 0 Å². The van der Waals surface area contributed by atoms with Gasteiger partial charge in [-0.2, -0.15) is 0 Å². The average molecular weight is 442 g/mol. The van der Waals surface area contributed by atoms with Crippen molar-refractivity contribution in [1.82, 2.24) is 9.55 Å². The van der Waals surface area contributed by atoms with Gasteiger partial charge in [0.2, 0.25) is 0 Å². The minimum absolute atomic E-state index is 0.106. The molecule has 0 bridgehead atoms. The smallest absolute Gasteiger partial charge is 0.355 e. The van der Waals surface area contributed by atoms with Crippen LogP contribution in [0.3, 0.4) is 0 Å². The van der Waals surface area contributed by atoms with Gasteiger partial charge in [-0.25, -0.2) is 9.78 Å². The fourth-order valence-electron chi connectivity index (χ4n) is 3.81. The molecule has 4 aromatic rings. The molecule has 0 aliphatic rings.